The molecule has 21 heavy (non-hydrogen) atoms. The van der Waals surface area contributed by atoms with Gasteiger partial charge in [-0.1, -0.05) is 0 Å². The summed E-state index contributed by atoms with van der Waals surface area (Å²) in [6.45, 7) is 1.76. The van der Waals surface area contributed by atoms with Crippen molar-refractivity contribution < 1.29 is 8.42 Å². The predicted molar refractivity (Wildman–Crippen MR) is 78.5 cm³/mol. The Balaban J connectivity index is 2.25. The van der Waals surface area contributed by atoms with E-state index in [1.807, 2.05) is 0 Å². The van der Waals surface area contributed by atoms with E-state index in [0.29, 0.717) is 11.6 Å². The second-order valence-electron chi connectivity index (χ2n) is 4.73. The van der Waals surface area contributed by atoms with Crippen LogP contribution in [0.15, 0.2) is 35.9 Å². The number of nitrogens with zero attached hydrogens (tertiary/aromatic N) is 4. The third kappa shape index (κ3) is 2.23. The Bertz CT molecular complexity index is 946. The molecule has 0 atom stereocenters. The van der Waals surface area contributed by atoms with Crippen LogP contribution in [0.1, 0.15) is 5.69 Å². The van der Waals surface area contributed by atoms with Gasteiger partial charge in [-0.05, 0) is 19.1 Å². The first-order valence-electron chi connectivity index (χ1n) is 6.12. The van der Waals surface area contributed by atoms with Gasteiger partial charge in [0.15, 0.2) is 14.9 Å². The van der Waals surface area contributed by atoms with Gasteiger partial charge in [0.25, 0.3) is 0 Å². The molecule has 0 aliphatic carbocycles. The summed E-state index contributed by atoms with van der Waals surface area (Å²) in [7, 11) is -3.33. The molecule has 2 N–H and O–H groups in total. The molecule has 0 aromatic carbocycles. The highest BCUT2D eigenvalue weighted by molar-refractivity contribution is 7.90. The summed E-state index contributed by atoms with van der Waals surface area (Å²) >= 11 is 0. The normalized spacial score (nSPS) is 11.9. The van der Waals surface area contributed by atoms with E-state index in [0.717, 1.165) is 22.9 Å². The molecule has 0 fully saturated rings. The summed E-state index contributed by atoms with van der Waals surface area (Å²) in [5, 5.41) is 0.0525. The molecule has 0 amide bonds. The second kappa shape index (κ2) is 4.52. The number of aromatic nitrogens is 4. The van der Waals surface area contributed by atoms with E-state index >= 15 is 0 Å². The van der Waals surface area contributed by atoms with Crippen LogP contribution in [0, 0.1) is 6.92 Å². The van der Waals surface area contributed by atoms with Gasteiger partial charge in [-0.15, -0.1) is 0 Å². The highest BCUT2D eigenvalue weighted by atomic mass is 32.2. The van der Waals surface area contributed by atoms with Crippen LogP contribution < -0.4 is 5.73 Å². The van der Waals surface area contributed by atoms with Crippen molar-refractivity contribution in [2.45, 2.75) is 11.9 Å². The molecule has 0 saturated heterocycles. The monoisotopic (exact) mass is 303 g/mol. The molecule has 0 radical (unpaired) electrons. The number of hydrogen-bond acceptors (Lipinski definition) is 6. The van der Waals surface area contributed by atoms with Crippen LogP contribution in [0.3, 0.4) is 0 Å². The van der Waals surface area contributed by atoms with E-state index < -0.39 is 9.84 Å². The minimum atomic E-state index is -3.33. The lowest BCUT2D eigenvalue weighted by Gasteiger charge is -2.09. The Hall–Kier alpha value is -2.48. The fourth-order valence-electron chi connectivity index (χ4n) is 2.17. The molecule has 3 aromatic heterocycles. The van der Waals surface area contributed by atoms with Crippen LogP contribution in [-0.2, 0) is 9.84 Å². The van der Waals surface area contributed by atoms with Crippen molar-refractivity contribution in [2.75, 3.05) is 12.0 Å². The number of nitrogens with two attached hydrogens (primary N) is 1. The van der Waals surface area contributed by atoms with Gasteiger partial charge in [0.1, 0.15) is 6.33 Å². The number of fused-ring (bicyclic) bond motifs is 1. The minimum Gasteiger partial charge on any atom is -0.369 e. The Morgan fingerprint density at radius 2 is 1.95 bits per heavy atom. The largest absolute Gasteiger partial charge is 0.369 e. The Morgan fingerprint density at radius 1 is 1.19 bits per heavy atom. The number of sulfone groups is 1. The molecule has 3 aromatic rings. The van der Waals surface area contributed by atoms with Crippen molar-refractivity contribution in [3.8, 4) is 11.1 Å². The molecule has 0 unspecified atom stereocenters. The molecule has 0 saturated carbocycles. The maximum Gasteiger partial charge on any atom is 0.206 e. The van der Waals surface area contributed by atoms with Crippen LogP contribution in [0.5, 0.6) is 0 Å². The van der Waals surface area contributed by atoms with Gasteiger partial charge in [-0.2, -0.15) is 0 Å². The standard InChI is InChI=1S/C13H13N5O2S/c1-8-9(3-4-12(17-8)21(2,19)20)10-5-16-13(14)18-7-15-6-11(10)18/h3-7H,1-2H3,(H2,14,16). The van der Waals surface area contributed by atoms with Crippen LogP contribution in [-0.4, -0.2) is 34.0 Å². The zero-order valence-electron chi connectivity index (χ0n) is 11.5. The average molecular weight is 303 g/mol. The Kier molecular flexibility index (Phi) is 2.91. The van der Waals surface area contributed by atoms with Gasteiger partial charge in [0.2, 0.25) is 5.95 Å². The topological polar surface area (TPSA) is 103 Å². The van der Waals surface area contributed by atoms with Gasteiger partial charge in [0.05, 0.1) is 11.7 Å². The second-order valence-corrected chi connectivity index (χ2v) is 6.70. The summed E-state index contributed by atoms with van der Waals surface area (Å²) in [5.74, 6) is 0.338. The number of hydrogen-bond donors (Lipinski definition) is 1. The maximum atomic E-state index is 11.5. The van der Waals surface area contributed by atoms with Crippen LogP contribution in [0.4, 0.5) is 5.95 Å². The Labute approximate surface area is 121 Å². The van der Waals surface area contributed by atoms with Gasteiger partial charge >= 0.3 is 0 Å². The molecule has 3 rings (SSSR count). The molecule has 0 aliphatic heterocycles. The summed E-state index contributed by atoms with van der Waals surface area (Å²) < 4.78 is 24.8. The van der Waals surface area contributed by atoms with Crippen molar-refractivity contribution in [1.29, 1.82) is 0 Å². The number of anilines is 1. The predicted octanol–water partition coefficient (Wildman–Crippen LogP) is 1.09. The van der Waals surface area contributed by atoms with Crippen LogP contribution in [0.25, 0.3) is 16.6 Å². The SMILES string of the molecule is Cc1nc(S(C)(=O)=O)ccc1-c1cnc(N)n2cncc12. The lowest BCUT2D eigenvalue weighted by molar-refractivity contribution is 0.598. The van der Waals surface area contributed by atoms with Crippen molar-refractivity contribution in [3.05, 3.63) is 36.5 Å². The third-order valence-corrected chi connectivity index (χ3v) is 4.20. The van der Waals surface area contributed by atoms with Gasteiger partial charge in [-0.25, -0.2) is 23.4 Å². The molecular formula is C13H13N5O2S. The van der Waals surface area contributed by atoms with E-state index in [2.05, 4.69) is 15.0 Å². The molecule has 7 nitrogen and oxygen atoms in total. The molecular weight excluding hydrogens is 290 g/mol. The molecule has 3 heterocycles. The molecule has 8 heteroatoms. The number of pyridine rings is 1. The van der Waals surface area contributed by atoms with E-state index in [9.17, 15) is 8.42 Å². The molecule has 0 aliphatic rings. The molecule has 0 bridgehead atoms. The number of nitrogen functional groups attached to an aromatic ring is 1. The van der Waals surface area contributed by atoms with Gasteiger partial charge in [0, 0.05) is 29.3 Å². The quantitative estimate of drug-likeness (QED) is 0.760. The summed E-state index contributed by atoms with van der Waals surface area (Å²) in [6.07, 6.45) is 6.02. The zero-order valence-corrected chi connectivity index (χ0v) is 12.3. The van der Waals surface area contributed by atoms with Crippen molar-refractivity contribution in [3.63, 3.8) is 0 Å². The van der Waals surface area contributed by atoms with Gasteiger partial charge < -0.3 is 5.73 Å². The summed E-state index contributed by atoms with van der Waals surface area (Å²) in [5.41, 5.74) is 8.77. The third-order valence-electron chi connectivity index (χ3n) is 3.22. The van der Waals surface area contributed by atoms with E-state index in [-0.39, 0.29) is 5.03 Å². The summed E-state index contributed by atoms with van der Waals surface area (Å²) in [6, 6.07) is 3.21. The average Bonchev–Trinajstić information content (AvgIpc) is 2.89. The first-order valence-corrected chi connectivity index (χ1v) is 8.01. The first-order chi connectivity index (χ1) is 9.88. The minimum absolute atomic E-state index is 0.0525. The summed E-state index contributed by atoms with van der Waals surface area (Å²) in [4.78, 5) is 12.3. The number of aryl methyl sites for hydroxylation is 1. The lowest BCUT2D eigenvalue weighted by atomic mass is 10.1. The maximum absolute atomic E-state index is 11.5. The van der Waals surface area contributed by atoms with Crippen molar-refractivity contribution in [2.24, 2.45) is 0 Å². The highest BCUT2D eigenvalue weighted by Crippen LogP contribution is 2.27. The molecule has 108 valence electrons. The smallest absolute Gasteiger partial charge is 0.206 e. The fraction of sp³-hybridized carbons (Fsp3) is 0.154. The van der Waals surface area contributed by atoms with E-state index in [1.165, 1.54) is 6.07 Å². The number of imidazole rings is 1. The van der Waals surface area contributed by atoms with Crippen molar-refractivity contribution >= 4 is 21.3 Å². The van der Waals surface area contributed by atoms with Crippen LogP contribution >= 0.6 is 0 Å². The van der Waals surface area contributed by atoms with Gasteiger partial charge in [-0.3, -0.25) is 4.40 Å². The first kappa shape index (κ1) is 13.5. The van der Waals surface area contributed by atoms with Crippen molar-refractivity contribution in [1.82, 2.24) is 19.4 Å². The highest BCUT2D eigenvalue weighted by Gasteiger charge is 2.14. The lowest BCUT2D eigenvalue weighted by Crippen LogP contribution is -2.04. The number of rotatable bonds is 2. The van der Waals surface area contributed by atoms with E-state index in [1.54, 1.807) is 36.1 Å². The fourth-order valence-corrected chi connectivity index (χ4v) is 2.79. The van der Waals surface area contributed by atoms with E-state index in [4.69, 9.17) is 5.73 Å². The zero-order chi connectivity index (χ0) is 15.2. The molecule has 0 spiro atoms. The van der Waals surface area contributed by atoms with Crippen LogP contribution in [0.2, 0.25) is 0 Å². The Morgan fingerprint density at radius 3 is 2.62 bits per heavy atom.